The highest BCUT2D eigenvalue weighted by atomic mass is 79.9. The van der Waals surface area contributed by atoms with Gasteiger partial charge in [0.15, 0.2) is 0 Å². The monoisotopic (exact) mass is 360 g/mol. The molecule has 0 spiro atoms. The molecule has 3 nitrogen and oxygen atoms in total. The summed E-state index contributed by atoms with van der Waals surface area (Å²) in [5.74, 6) is 0.797. The predicted molar refractivity (Wildman–Crippen MR) is 89.6 cm³/mol. The van der Waals surface area contributed by atoms with Gasteiger partial charge in [-0.15, -0.1) is 12.4 Å². The molecule has 1 aromatic rings. The number of carbonyl (C=O) groups is 1. The lowest BCUT2D eigenvalue weighted by Crippen LogP contribution is -2.15. The van der Waals surface area contributed by atoms with Crippen molar-refractivity contribution < 1.29 is 4.79 Å². The second-order valence-electron chi connectivity index (χ2n) is 5.10. The fourth-order valence-electron chi connectivity index (χ4n) is 2.49. The van der Waals surface area contributed by atoms with Crippen LogP contribution in [-0.2, 0) is 11.2 Å². The maximum atomic E-state index is 12.0. The Balaban J connectivity index is 0.00000200. The first kappa shape index (κ1) is 17.5. The van der Waals surface area contributed by atoms with Crippen molar-refractivity contribution in [2.45, 2.75) is 32.6 Å². The van der Waals surface area contributed by atoms with E-state index < -0.39 is 0 Å². The molecule has 2 N–H and O–H groups in total. The minimum absolute atomic E-state index is 0. The molecule has 1 aliphatic heterocycles. The van der Waals surface area contributed by atoms with Crippen LogP contribution in [-0.4, -0.2) is 19.0 Å². The summed E-state index contributed by atoms with van der Waals surface area (Å²) in [6.45, 7) is 4.26. The summed E-state index contributed by atoms with van der Waals surface area (Å²) in [4.78, 5) is 12.0. The van der Waals surface area contributed by atoms with Crippen molar-refractivity contribution in [3.8, 4) is 0 Å². The highest BCUT2D eigenvalue weighted by Crippen LogP contribution is 2.22. The number of halogens is 2. The van der Waals surface area contributed by atoms with E-state index in [2.05, 4.69) is 39.6 Å². The molecule has 20 heavy (non-hydrogen) atoms. The van der Waals surface area contributed by atoms with Crippen molar-refractivity contribution in [3.05, 3.63) is 28.2 Å². The quantitative estimate of drug-likeness (QED) is 0.838. The molecule has 0 aliphatic carbocycles. The van der Waals surface area contributed by atoms with Crippen LogP contribution in [0.3, 0.4) is 0 Å². The van der Waals surface area contributed by atoms with Crippen molar-refractivity contribution in [2.75, 3.05) is 18.4 Å². The highest BCUT2D eigenvalue weighted by molar-refractivity contribution is 9.10. The van der Waals surface area contributed by atoms with Gasteiger partial charge in [0.1, 0.15) is 0 Å². The Hall–Kier alpha value is -0.580. The first-order chi connectivity index (χ1) is 9.19. The standard InChI is InChI=1S/C15H21BrN2O.ClH/c1-2-12-9-13(16)4-5-14(12)18-15(19)6-3-11-7-8-17-10-11;/h4-5,9,11,17H,2-3,6-8,10H2,1H3,(H,18,19);1H. The molecule has 1 unspecified atom stereocenters. The number of amides is 1. The molecule has 5 heteroatoms. The van der Waals surface area contributed by atoms with Gasteiger partial charge in [0.2, 0.25) is 5.91 Å². The molecule has 2 rings (SSSR count). The largest absolute Gasteiger partial charge is 0.326 e. The summed E-state index contributed by atoms with van der Waals surface area (Å²) in [6, 6.07) is 6.00. The van der Waals surface area contributed by atoms with Gasteiger partial charge in [-0.25, -0.2) is 0 Å². The van der Waals surface area contributed by atoms with Gasteiger partial charge in [0.05, 0.1) is 0 Å². The number of aryl methyl sites for hydroxylation is 1. The van der Waals surface area contributed by atoms with Crippen LogP contribution in [0, 0.1) is 5.92 Å². The van der Waals surface area contributed by atoms with Gasteiger partial charge in [-0.05, 0) is 62.0 Å². The number of nitrogens with one attached hydrogen (secondary N) is 2. The molecule has 1 atom stereocenters. The Bertz CT molecular complexity index is 447. The van der Waals surface area contributed by atoms with Crippen molar-refractivity contribution in [2.24, 2.45) is 5.92 Å². The third-order valence-electron chi connectivity index (χ3n) is 3.66. The second-order valence-corrected chi connectivity index (χ2v) is 6.02. The number of carbonyl (C=O) groups excluding carboxylic acids is 1. The van der Waals surface area contributed by atoms with Crippen LogP contribution in [0.5, 0.6) is 0 Å². The molecule has 1 saturated heterocycles. The molecule has 1 heterocycles. The Morgan fingerprint density at radius 3 is 2.95 bits per heavy atom. The van der Waals surface area contributed by atoms with Gasteiger partial charge in [0, 0.05) is 16.6 Å². The van der Waals surface area contributed by atoms with Gasteiger partial charge in [0.25, 0.3) is 0 Å². The van der Waals surface area contributed by atoms with Crippen molar-refractivity contribution in [3.63, 3.8) is 0 Å². The van der Waals surface area contributed by atoms with E-state index >= 15 is 0 Å². The number of hydrogen-bond acceptors (Lipinski definition) is 2. The zero-order valence-corrected chi connectivity index (χ0v) is 14.1. The molecular formula is C15H22BrClN2O. The Kier molecular flexibility index (Phi) is 7.56. The minimum atomic E-state index is 0. The summed E-state index contributed by atoms with van der Waals surface area (Å²) < 4.78 is 1.05. The molecule has 112 valence electrons. The van der Waals surface area contributed by atoms with Gasteiger partial charge in [-0.1, -0.05) is 22.9 Å². The van der Waals surface area contributed by atoms with E-state index in [-0.39, 0.29) is 18.3 Å². The molecule has 1 amide bonds. The van der Waals surface area contributed by atoms with Gasteiger partial charge < -0.3 is 10.6 Å². The van der Waals surface area contributed by atoms with E-state index in [4.69, 9.17) is 0 Å². The maximum absolute atomic E-state index is 12.0. The smallest absolute Gasteiger partial charge is 0.224 e. The van der Waals surface area contributed by atoms with E-state index in [9.17, 15) is 4.79 Å². The lowest BCUT2D eigenvalue weighted by molar-refractivity contribution is -0.116. The average Bonchev–Trinajstić information content (AvgIpc) is 2.91. The third kappa shape index (κ3) is 5.08. The second kappa shape index (κ2) is 8.65. The molecule has 1 fully saturated rings. The Morgan fingerprint density at radius 2 is 2.30 bits per heavy atom. The molecule has 0 bridgehead atoms. The van der Waals surface area contributed by atoms with Crippen LogP contribution < -0.4 is 10.6 Å². The Morgan fingerprint density at radius 1 is 1.50 bits per heavy atom. The summed E-state index contributed by atoms with van der Waals surface area (Å²) >= 11 is 3.46. The SMILES string of the molecule is CCc1cc(Br)ccc1NC(=O)CCC1CCNC1.Cl. The topological polar surface area (TPSA) is 41.1 Å². The first-order valence-electron chi connectivity index (χ1n) is 6.98. The lowest BCUT2D eigenvalue weighted by Gasteiger charge is -2.12. The summed E-state index contributed by atoms with van der Waals surface area (Å²) in [7, 11) is 0. The van der Waals surface area contributed by atoms with Gasteiger partial charge in [-0.3, -0.25) is 4.79 Å². The highest BCUT2D eigenvalue weighted by Gasteiger charge is 2.16. The molecule has 1 aromatic carbocycles. The molecule has 1 aliphatic rings. The van der Waals surface area contributed by atoms with Gasteiger partial charge >= 0.3 is 0 Å². The van der Waals surface area contributed by atoms with E-state index in [1.807, 2.05) is 12.1 Å². The normalized spacial score (nSPS) is 17.6. The molecule has 0 aromatic heterocycles. The van der Waals surface area contributed by atoms with Crippen molar-refractivity contribution in [1.82, 2.24) is 5.32 Å². The van der Waals surface area contributed by atoms with E-state index in [1.165, 1.54) is 12.0 Å². The number of anilines is 1. The number of benzene rings is 1. The molecule has 0 radical (unpaired) electrons. The molecular weight excluding hydrogens is 340 g/mol. The van der Waals surface area contributed by atoms with Crippen LogP contribution in [0.25, 0.3) is 0 Å². The minimum Gasteiger partial charge on any atom is -0.326 e. The summed E-state index contributed by atoms with van der Waals surface area (Å²) in [6.07, 6.45) is 3.72. The third-order valence-corrected chi connectivity index (χ3v) is 4.16. The van der Waals surface area contributed by atoms with Crippen LogP contribution >= 0.6 is 28.3 Å². The average molecular weight is 362 g/mol. The number of rotatable bonds is 5. The van der Waals surface area contributed by atoms with Gasteiger partial charge in [-0.2, -0.15) is 0 Å². The van der Waals surface area contributed by atoms with E-state index in [0.717, 1.165) is 36.1 Å². The Labute approximate surface area is 135 Å². The lowest BCUT2D eigenvalue weighted by atomic mass is 10.0. The zero-order valence-electron chi connectivity index (χ0n) is 11.7. The van der Waals surface area contributed by atoms with Crippen LogP contribution in [0.1, 0.15) is 31.7 Å². The zero-order chi connectivity index (χ0) is 13.7. The predicted octanol–water partition coefficient (Wildman–Crippen LogP) is 3.76. The van der Waals surface area contributed by atoms with Crippen molar-refractivity contribution in [1.29, 1.82) is 0 Å². The van der Waals surface area contributed by atoms with Crippen LogP contribution in [0.4, 0.5) is 5.69 Å². The fourth-order valence-corrected chi connectivity index (χ4v) is 2.89. The fraction of sp³-hybridized carbons (Fsp3) is 0.533. The maximum Gasteiger partial charge on any atom is 0.224 e. The van der Waals surface area contributed by atoms with Crippen LogP contribution in [0.2, 0.25) is 0 Å². The van der Waals surface area contributed by atoms with E-state index in [0.29, 0.717) is 12.3 Å². The first-order valence-corrected chi connectivity index (χ1v) is 7.77. The summed E-state index contributed by atoms with van der Waals surface area (Å²) in [5.41, 5.74) is 2.12. The summed E-state index contributed by atoms with van der Waals surface area (Å²) in [5, 5.41) is 6.37. The van der Waals surface area contributed by atoms with E-state index in [1.54, 1.807) is 0 Å². The molecule has 0 saturated carbocycles. The van der Waals surface area contributed by atoms with Crippen LogP contribution in [0.15, 0.2) is 22.7 Å². The van der Waals surface area contributed by atoms with Crippen molar-refractivity contribution >= 4 is 39.9 Å². The number of hydrogen-bond donors (Lipinski definition) is 2.